The van der Waals surface area contributed by atoms with Gasteiger partial charge in [-0.15, -0.1) is 10.2 Å². The van der Waals surface area contributed by atoms with Crippen molar-refractivity contribution in [2.75, 3.05) is 25.9 Å². The SMILES string of the molecule is CCNC(=NCC(C)c1ccccc1)NCCCc1nnc(SC)n1C1CCCC1. The zero-order chi connectivity index (χ0) is 21.2. The first-order valence-electron chi connectivity index (χ1n) is 11.3. The van der Waals surface area contributed by atoms with Gasteiger partial charge < -0.3 is 15.2 Å². The fourth-order valence-corrected chi connectivity index (χ4v) is 4.63. The lowest BCUT2D eigenvalue weighted by Gasteiger charge is -2.17. The molecule has 6 nitrogen and oxygen atoms in total. The second-order valence-electron chi connectivity index (χ2n) is 7.97. The highest BCUT2D eigenvalue weighted by Gasteiger charge is 2.23. The van der Waals surface area contributed by atoms with Crippen molar-refractivity contribution in [3.8, 4) is 0 Å². The van der Waals surface area contributed by atoms with E-state index in [9.17, 15) is 0 Å². The predicted molar refractivity (Wildman–Crippen MR) is 126 cm³/mol. The Balaban J connectivity index is 1.51. The van der Waals surface area contributed by atoms with E-state index in [1.807, 2.05) is 0 Å². The lowest BCUT2D eigenvalue weighted by atomic mass is 10.0. The second kappa shape index (κ2) is 12.0. The number of aryl methyl sites for hydroxylation is 1. The van der Waals surface area contributed by atoms with Crippen LogP contribution in [0.2, 0.25) is 0 Å². The van der Waals surface area contributed by atoms with Gasteiger partial charge in [0.15, 0.2) is 11.1 Å². The van der Waals surface area contributed by atoms with E-state index in [4.69, 9.17) is 4.99 Å². The first-order chi connectivity index (χ1) is 14.7. The van der Waals surface area contributed by atoms with E-state index in [1.54, 1.807) is 11.8 Å². The monoisotopic (exact) mass is 428 g/mol. The van der Waals surface area contributed by atoms with Gasteiger partial charge in [0.1, 0.15) is 5.82 Å². The number of rotatable bonds is 10. The van der Waals surface area contributed by atoms with Gasteiger partial charge in [-0.3, -0.25) is 4.99 Å². The normalized spacial score (nSPS) is 16.0. The molecule has 1 saturated carbocycles. The van der Waals surface area contributed by atoms with Gasteiger partial charge in [0.25, 0.3) is 0 Å². The first kappa shape index (κ1) is 22.7. The minimum Gasteiger partial charge on any atom is -0.357 e. The molecule has 1 fully saturated rings. The average molecular weight is 429 g/mol. The zero-order valence-electron chi connectivity index (χ0n) is 18.6. The van der Waals surface area contributed by atoms with Crippen LogP contribution in [0.1, 0.15) is 69.3 Å². The molecule has 0 saturated heterocycles. The van der Waals surface area contributed by atoms with Crippen molar-refractivity contribution in [1.29, 1.82) is 0 Å². The van der Waals surface area contributed by atoms with Crippen molar-refractivity contribution < 1.29 is 0 Å². The number of benzene rings is 1. The third-order valence-electron chi connectivity index (χ3n) is 5.71. The maximum absolute atomic E-state index is 4.79. The number of nitrogens with zero attached hydrogens (tertiary/aromatic N) is 4. The highest BCUT2D eigenvalue weighted by Crippen LogP contribution is 2.33. The molecule has 30 heavy (non-hydrogen) atoms. The molecule has 1 unspecified atom stereocenters. The van der Waals surface area contributed by atoms with Crippen LogP contribution >= 0.6 is 11.8 Å². The fraction of sp³-hybridized carbons (Fsp3) is 0.609. The minimum atomic E-state index is 0.400. The predicted octanol–water partition coefficient (Wildman–Crippen LogP) is 4.41. The van der Waals surface area contributed by atoms with Gasteiger partial charge in [-0.1, -0.05) is 61.9 Å². The number of hydrogen-bond donors (Lipinski definition) is 2. The molecule has 0 spiro atoms. The Morgan fingerprint density at radius 3 is 2.67 bits per heavy atom. The molecule has 1 heterocycles. The topological polar surface area (TPSA) is 67.1 Å². The summed E-state index contributed by atoms with van der Waals surface area (Å²) in [5.74, 6) is 2.42. The largest absolute Gasteiger partial charge is 0.357 e. The average Bonchev–Trinajstić information content (AvgIpc) is 3.44. The summed E-state index contributed by atoms with van der Waals surface area (Å²) in [4.78, 5) is 4.79. The van der Waals surface area contributed by atoms with Gasteiger partial charge in [-0.2, -0.15) is 0 Å². The Morgan fingerprint density at radius 1 is 1.20 bits per heavy atom. The van der Waals surface area contributed by atoms with Crippen LogP contribution in [0.25, 0.3) is 0 Å². The molecule has 0 aliphatic heterocycles. The summed E-state index contributed by atoms with van der Waals surface area (Å²) in [7, 11) is 0. The highest BCUT2D eigenvalue weighted by molar-refractivity contribution is 7.98. The van der Waals surface area contributed by atoms with Crippen LogP contribution in [0.3, 0.4) is 0 Å². The van der Waals surface area contributed by atoms with E-state index in [0.717, 1.165) is 49.4 Å². The van der Waals surface area contributed by atoms with Crippen LogP contribution < -0.4 is 10.6 Å². The Morgan fingerprint density at radius 2 is 1.97 bits per heavy atom. The number of hydrogen-bond acceptors (Lipinski definition) is 4. The molecule has 2 N–H and O–H groups in total. The lowest BCUT2D eigenvalue weighted by Crippen LogP contribution is -2.38. The van der Waals surface area contributed by atoms with E-state index in [0.29, 0.717) is 12.0 Å². The molecule has 0 radical (unpaired) electrons. The van der Waals surface area contributed by atoms with E-state index in [-0.39, 0.29) is 0 Å². The number of thioether (sulfide) groups is 1. The molecule has 3 rings (SSSR count). The Labute approximate surface area is 185 Å². The van der Waals surface area contributed by atoms with Gasteiger partial charge >= 0.3 is 0 Å². The van der Waals surface area contributed by atoms with Gasteiger partial charge in [0.05, 0.1) is 0 Å². The Bertz CT molecular complexity index is 782. The first-order valence-corrected chi connectivity index (χ1v) is 12.5. The maximum Gasteiger partial charge on any atom is 0.191 e. The Kier molecular flexibility index (Phi) is 9.05. The van der Waals surface area contributed by atoms with E-state index < -0.39 is 0 Å². The molecule has 1 aliphatic carbocycles. The molecule has 0 bridgehead atoms. The van der Waals surface area contributed by atoms with E-state index in [1.165, 1.54) is 31.2 Å². The van der Waals surface area contributed by atoms with Crippen molar-refractivity contribution in [2.24, 2.45) is 4.99 Å². The van der Waals surface area contributed by atoms with Crippen LogP contribution in [0.15, 0.2) is 40.5 Å². The van der Waals surface area contributed by atoms with Gasteiger partial charge in [0, 0.05) is 38.0 Å². The third kappa shape index (κ3) is 6.24. The molecule has 1 atom stereocenters. The number of aliphatic imine (C=N–C) groups is 1. The van der Waals surface area contributed by atoms with Crippen LogP contribution in [0.4, 0.5) is 0 Å². The number of guanidine groups is 1. The summed E-state index contributed by atoms with van der Waals surface area (Å²) >= 11 is 1.71. The smallest absolute Gasteiger partial charge is 0.191 e. The molecule has 1 aromatic carbocycles. The molecular weight excluding hydrogens is 392 g/mol. The second-order valence-corrected chi connectivity index (χ2v) is 8.75. The lowest BCUT2D eigenvalue weighted by molar-refractivity contribution is 0.460. The maximum atomic E-state index is 4.79. The van der Waals surface area contributed by atoms with Gasteiger partial charge in [0.2, 0.25) is 0 Å². The van der Waals surface area contributed by atoms with Crippen molar-refractivity contribution in [3.05, 3.63) is 41.7 Å². The van der Waals surface area contributed by atoms with Crippen molar-refractivity contribution >= 4 is 17.7 Å². The molecule has 1 aromatic heterocycles. The quantitative estimate of drug-likeness (QED) is 0.254. The fourth-order valence-electron chi connectivity index (χ4n) is 4.06. The molecule has 1 aliphatic rings. The van der Waals surface area contributed by atoms with Gasteiger partial charge in [-0.25, -0.2) is 0 Å². The summed E-state index contributed by atoms with van der Waals surface area (Å²) in [6, 6.07) is 11.2. The molecule has 2 aromatic rings. The summed E-state index contributed by atoms with van der Waals surface area (Å²) in [5.41, 5.74) is 1.33. The summed E-state index contributed by atoms with van der Waals surface area (Å²) < 4.78 is 2.40. The van der Waals surface area contributed by atoms with E-state index in [2.05, 4.69) is 75.8 Å². The van der Waals surface area contributed by atoms with Crippen molar-refractivity contribution in [2.45, 2.75) is 69.5 Å². The molecule has 164 valence electrons. The standard InChI is InChI=1S/C23H36N6S/c1-4-24-22(26-17-18(2)19-11-6-5-7-12-19)25-16-10-15-21-27-28-23(30-3)29(21)20-13-8-9-14-20/h5-7,11-12,18,20H,4,8-10,13-17H2,1-3H3,(H2,24,25,26). The summed E-state index contributed by atoms with van der Waals surface area (Å²) in [5, 5.41) is 16.8. The zero-order valence-corrected chi connectivity index (χ0v) is 19.4. The highest BCUT2D eigenvalue weighted by atomic mass is 32.2. The third-order valence-corrected chi connectivity index (χ3v) is 6.36. The number of nitrogens with one attached hydrogen (secondary N) is 2. The van der Waals surface area contributed by atoms with Crippen LogP contribution in [0.5, 0.6) is 0 Å². The van der Waals surface area contributed by atoms with Crippen molar-refractivity contribution in [1.82, 2.24) is 25.4 Å². The molecule has 0 amide bonds. The van der Waals surface area contributed by atoms with E-state index >= 15 is 0 Å². The summed E-state index contributed by atoms with van der Waals surface area (Å²) in [6.07, 6.45) is 9.20. The van der Waals surface area contributed by atoms with Crippen LogP contribution in [-0.4, -0.2) is 46.6 Å². The van der Waals surface area contributed by atoms with Crippen LogP contribution in [0, 0.1) is 0 Å². The molecular formula is C23H36N6S. The number of aromatic nitrogens is 3. The Hall–Kier alpha value is -2.02. The van der Waals surface area contributed by atoms with Crippen LogP contribution in [-0.2, 0) is 6.42 Å². The summed E-state index contributed by atoms with van der Waals surface area (Å²) in [6.45, 7) is 6.83. The van der Waals surface area contributed by atoms with Crippen molar-refractivity contribution in [3.63, 3.8) is 0 Å². The van der Waals surface area contributed by atoms with Gasteiger partial charge in [-0.05, 0) is 38.0 Å². The molecule has 7 heteroatoms. The minimum absolute atomic E-state index is 0.400.